The Bertz CT molecular complexity index is 189. The molecule has 0 fully saturated rings. The summed E-state index contributed by atoms with van der Waals surface area (Å²) >= 11 is 0. The van der Waals surface area contributed by atoms with Crippen molar-refractivity contribution >= 4 is 5.97 Å². The molecule has 0 saturated carbocycles. The Hall–Kier alpha value is -0.130. The molecule has 4 atom stereocenters. The van der Waals surface area contributed by atoms with Crippen molar-refractivity contribution in [2.75, 3.05) is 6.61 Å². The summed E-state index contributed by atoms with van der Waals surface area (Å²) in [5, 5.41) is 51.8. The van der Waals surface area contributed by atoms with Gasteiger partial charge >= 0.3 is 35.5 Å². The molecule has 0 aliphatic carbocycles. The van der Waals surface area contributed by atoms with Gasteiger partial charge in [0.15, 0.2) is 6.10 Å². The maximum atomic E-state index is 10.1. The third kappa shape index (κ3) is 29.8. The monoisotopic (exact) mass is 400 g/mol. The molecule has 24 heavy (non-hydrogen) atoms. The smallest absolute Gasteiger partial charge is 1.00 e. The number of hydrogen-bond donors (Lipinski definition) is 6. The maximum Gasteiger partial charge on any atom is 1.00 e. The van der Waals surface area contributed by atoms with E-state index in [4.69, 9.17) is 30.6 Å². The van der Waals surface area contributed by atoms with Crippen molar-refractivity contribution in [3.63, 3.8) is 0 Å². The van der Waals surface area contributed by atoms with E-state index < -0.39 is 37.0 Å². The summed E-state index contributed by atoms with van der Waals surface area (Å²) in [6.07, 6.45) is -7.84. The van der Waals surface area contributed by atoms with Gasteiger partial charge in [-0.25, -0.2) is 4.79 Å². The van der Waals surface area contributed by atoms with Gasteiger partial charge in [0.25, 0.3) is 0 Å². The van der Waals surface area contributed by atoms with Crippen LogP contribution in [0.2, 0.25) is 0 Å². The molecular weight excluding hydrogens is 367 g/mol. The van der Waals surface area contributed by atoms with Crippen LogP contribution in [0.5, 0.6) is 0 Å². The zero-order valence-electron chi connectivity index (χ0n) is 13.6. The standard InChI is InChI=1S/C6H12O7.Na.10H2O.H/c7-1-2(8)3(9)4(10)5(11)6(12)13;;;;;;;;;;;;/h2-5,7-11H,1H2,(H,12,13);;10*1H2;/q;+1;;;;;;;;;;;-1/t2-,3-,4+,5-;;;;;;;;;;;;/m1............/s1. The third-order valence-corrected chi connectivity index (χ3v) is 1.51. The summed E-state index contributed by atoms with van der Waals surface area (Å²) in [6, 6.07) is 0. The number of aliphatic hydroxyl groups is 5. The van der Waals surface area contributed by atoms with E-state index in [9.17, 15) is 4.79 Å². The molecule has 0 bridgehead atoms. The fourth-order valence-electron chi connectivity index (χ4n) is 0.668. The van der Waals surface area contributed by atoms with Gasteiger partial charge < -0.3 is 86.8 Å². The predicted octanol–water partition coefficient (Wildman–Crippen LogP) is -14.6. The third-order valence-electron chi connectivity index (χ3n) is 1.51. The first-order valence-corrected chi connectivity index (χ1v) is 3.47. The Kier molecular flexibility index (Phi) is 160. The van der Waals surface area contributed by atoms with Crippen LogP contribution < -0.4 is 29.6 Å². The van der Waals surface area contributed by atoms with E-state index >= 15 is 0 Å². The van der Waals surface area contributed by atoms with Crippen molar-refractivity contribution in [1.29, 1.82) is 0 Å². The van der Waals surface area contributed by atoms with Gasteiger partial charge in [0.1, 0.15) is 18.3 Å². The van der Waals surface area contributed by atoms with Crippen LogP contribution in [0.4, 0.5) is 0 Å². The van der Waals surface area contributed by atoms with Crippen molar-refractivity contribution < 1.29 is 121 Å². The second-order valence-electron chi connectivity index (χ2n) is 2.51. The second-order valence-corrected chi connectivity index (χ2v) is 2.51. The number of hydrogen-bond acceptors (Lipinski definition) is 6. The van der Waals surface area contributed by atoms with Crippen molar-refractivity contribution in [3.8, 4) is 0 Å². The van der Waals surface area contributed by atoms with Crippen molar-refractivity contribution in [3.05, 3.63) is 0 Å². The Morgan fingerprint density at radius 3 is 1.12 bits per heavy atom. The van der Waals surface area contributed by atoms with Crippen LogP contribution in [-0.2, 0) is 4.79 Å². The summed E-state index contributed by atoms with van der Waals surface area (Å²) in [4.78, 5) is 10.1. The largest absolute Gasteiger partial charge is 1.00 e. The molecule has 0 aliphatic rings. The predicted molar refractivity (Wildman–Crippen MR) is 76.0 cm³/mol. The molecule has 0 amide bonds. The maximum absolute atomic E-state index is 10.1. The SMILES string of the molecule is O.O.O.O.O.O.O.O.O.O.O=C(O)[C@H](O)[C@@H](O)[C@H](O)[C@H](O)CO.[H-].[Na+]. The average Bonchev–Trinajstić information content (AvgIpc) is 2.12. The fraction of sp³-hybridized carbons (Fsp3) is 0.833. The van der Waals surface area contributed by atoms with Gasteiger partial charge in [-0.05, 0) is 0 Å². The first kappa shape index (κ1) is 88.6. The molecule has 26 N–H and O–H groups in total. The molecule has 0 aromatic carbocycles. The van der Waals surface area contributed by atoms with Gasteiger partial charge in [0.2, 0.25) is 0 Å². The molecule has 0 aromatic heterocycles. The molecule has 0 aliphatic heterocycles. The van der Waals surface area contributed by atoms with Crippen LogP contribution in [0.1, 0.15) is 1.43 Å². The zero-order chi connectivity index (χ0) is 10.6. The van der Waals surface area contributed by atoms with E-state index in [-0.39, 0.29) is 85.7 Å². The van der Waals surface area contributed by atoms with Crippen molar-refractivity contribution in [1.82, 2.24) is 0 Å². The molecular formula is C6H33NaO17. The summed E-state index contributed by atoms with van der Waals surface area (Å²) < 4.78 is 0. The number of aliphatic carboxylic acids is 1. The molecule has 0 aromatic rings. The summed E-state index contributed by atoms with van der Waals surface area (Å²) in [6.45, 7) is -0.843. The number of carboxylic acids is 1. The minimum atomic E-state index is -2.20. The van der Waals surface area contributed by atoms with Crippen LogP contribution in [0.3, 0.4) is 0 Å². The average molecular weight is 400 g/mol. The summed E-state index contributed by atoms with van der Waals surface area (Å²) in [7, 11) is 0. The van der Waals surface area contributed by atoms with Gasteiger partial charge in [-0.1, -0.05) is 0 Å². The van der Waals surface area contributed by atoms with Crippen LogP contribution in [0.25, 0.3) is 0 Å². The Morgan fingerprint density at radius 2 is 0.958 bits per heavy atom. The van der Waals surface area contributed by atoms with E-state index in [0.29, 0.717) is 0 Å². The number of carboxylic acid groups (broad SMARTS) is 1. The van der Waals surface area contributed by atoms with Gasteiger partial charge in [-0.15, -0.1) is 0 Å². The van der Waals surface area contributed by atoms with Crippen molar-refractivity contribution in [2.24, 2.45) is 0 Å². The first-order valence-electron chi connectivity index (χ1n) is 3.47. The summed E-state index contributed by atoms with van der Waals surface area (Å²) in [5.74, 6) is -1.73. The van der Waals surface area contributed by atoms with Crippen LogP contribution in [-0.4, -0.2) is 122 Å². The first-order chi connectivity index (χ1) is 5.91. The Labute approximate surface area is 158 Å². The van der Waals surface area contributed by atoms with Crippen LogP contribution >= 0.6 is 0 Å². The van der Waals surface area contributed by atoms with Crippen molar-refractivity contribution in [2.45, 2.75) is 24.4 Å². The zero-order valence-corrected chi connectivity index (χ0v) is 14.6. The van der Waals surface area contributed by atoms with E-state index in [2.05, 4.69) is 0 Å². The van der Waals surface area contributed by atoms with Crippen LogP contribution in [0.15, 0.2) is 0 Å². The van der Waals surface area contributed by atoms with E-state index in [1.807, 2.05) is 0 Å². The van der Waals surface area contributed by atoms with E-state index in [1.54, 1.807) is 0 Å². The topological polar surface area (TPSA) is 453 Å². The Balaban J connectivity index is -0.0000000109. The summed E-state index contributed by atoms with van der Waals surface area (Å²) in [5.41, 5.74) is 0. The minimum Gasteiger partial charge on any atom is -1.00 e. The molecule has 160 valence electrons. The van der Waals surface area contributed by atoms with Gasteiger partial charge in [-0.2, -0.15) is 0 Å². The normalized spacial score (nSPS) is 11.0. The number of rotatable bonds is 5. The van der Waals surface area contributed by atoms with Gasteiger partial charge in [-0.3, -0.25) is 0 Å². The fourth-order valence-corrected chi connectivity index (χ4v) is 0.668. The Morgan fingerprint density at radius 1 is 0.708 bits per heavy atom. The molecule has 18 heteroatoms. The molecule has 0 unspecified atom stereocenters. The molecule has 0 heterocycles. The minimum absolute atomic E-state index is 0. The quantitative estimate of drug-likeness (QED) is 0.241. The second kappa shape index (κ2) is 43.4. The molecule has 0 saturated heterocycles. The number of carbonyl (C=O) groups is 1. The molecule has 0 spiro atoms. The molecule has 0 radical (unpaired) electrons. The van der Waals surface area contributed by atoms with E-state index in [0.717, 1.165) is 0 Å². The van der Waals surface area contributed by atoms with E-state index in [1.165, 1.54) is 0 Å². The van der Waals surface area contributed by atoms with Gasteiger partial charge in [0.05, 0.1) is 6.61 Å². The van der Waals surface area contributed by atoms with Crippen LogP contribution in [0, 0.1) is 0 Å². The van der Waals surface area contributed by atoms with Gasteiger partial charge in [0, 0.05) is 0 Å². The molecule has 0 rings (SSSR count). The number of aliphatic hydroxyl groups excluding tert-OH is 5. The molecule has 17 nitrogen and oxygen atoms in total.